The van der Waals surface area contributed by atoms with Gasteiger partial charge in [0.2, 0.25) is 0 Å². The van der Waals surface area contributed by atoms with Crippen LogP contribution in [0.4, 0.5) is 10.5 Å². The van der Waals surface area contributed by atoms with Gasteiger partial charge in [-0.05, 0) is 42.0 Å². The van der Waals surface area contributed by atoms with Gasteiger partial charge < -0.3 is 4.74 Å². The van der Waals surface area contributed by atoms with Gasteiger partial charge in [-0.15, -0.1) is 0 Å². The molecule has 0 saturated carbocycles. The number of carbonyl (C=O) groups excluding carboxylic acids is 2. The molecule has 3 aromatic carbocycles. The van der Waals surface area contributed by atoms with Gasteiger partial charge in [0.15, 0.2) is 0 Å². The first-order valence-corrected chi connectivity index (χ1v) is 11.0. The molecule has 0 aliphatic carbocycles. The van der Waals surface area contributed by atoms with E-state index in [0.29, 0.717) is 28.4 Å². The molecule has 33 heavy (non-hydrogen) atoms. The third-order valence-electron chi connectivity index (χ3n) is 5.04. The molecular weight excluding hydrogens is 440 g/mol. The van der Waals surface area contributed by atoms with Crippen molar-refractivity contribution >= 4 is 34.7 Å². The highest BCUT2D eigenvalue weighted by molar-refractivity contribution is 8.18. The van der Waals surface area contributed by atoms with Gasteiger partial charge in [0.25, 0.3) is 16.8 Å². The maximum absolute atomic E-state index is 12.9. The van der Waals surface area contributed by atoms with E-state index in [0.717, 1.165) is 27.8 Å². The highest BCUT2D eigenvalue weighted by atomic mass is 32.2. The number of para-hydroxylation sites is 1. The summed E-state index contributed by atoms with van der Waals surface area (Å²) in [6, 6.07) is 21.2. The Morgan fingerprint density at radius 1 is 1.00 bits per heavy atom. The zero-order chi connectivity index (χ0) is 23.4. The fourth-order valence-corrected chi connectivity index (χ4v) is 4.21. The second-order valence-corrected chi connectivity index (χ2v) is 8.50. The van der Waals surface area contributed by atoms with Crippen molar-refractivity contribution < 1.29 is 19.2 Å². The lowest BCUT2D eigenvalue weighted by Crippen LogP contribution is -2.27. The number of aryl methyl sites for hydroxylation is 1. The maximum Gasteiger partial charge on any atom is 0.293 e. The third kappa shape index (κ3) is 5.30. The topological polar surface area (TPSA) is 89.8 Å². The first kappa shape index (κ1) is 22.3. The molecule has 0 aromatic heterocycles. The zero-order valence-corrected chi connectivity index (χ0v) is 18.6. The summed E-state index contributed by atoms with van der Waals surface area (Å²) in [5.74, 6) is 0.206. The first-order chi connectivity index (χ1) is 15.9. The van der Waals surface area contributed by atoms with Gasteiger partial charge in [-0.25, -0.2) is 0 Å². The van der Waals surface area contributed by atoms with Crippen LogP contribution in [0, 0.1) is 17.0 Å². The van der Waals surface area contributed by atoms with E-state index in [9.17, 15) is 19.7 Å². The molecule has 8 heteroatoms. The number of ether oxygens (including phenoxy) is 1. The molecule has 0 radical (unpaired) electrons. The van der Waals surface area contributed by atoms with E-state index in [1.54, 1.807) is 18.2 Å². The molecule has 1 fully saturated rings. The molecular formula is C25H20N2O5S. The van der Waals surface area contributed by atoms with Gasteiger partial charge in [0, 0.05) is 17.7 Å². The molecule has 1 aliphatic rings. The molecule has 3 aromatic rings. The Balaban J connectivity index is 1.49. The normalized spacial score (nSPS) is 14.7. The van der Waals surface area contributed by atoms with Crippen LogP contribution < -0.4 is 4.74 Å². The van der Waals surface area contributed by atoms with Gasteiger partial charge in [-0.3, -0.25) is 24.6 Å². The molecule has 1 aliphatic heterocycles. The van der Waals surface area contributed by atoms with Crippen molar-refractivity contribution in [1.82, 2.24) is 4.90 Å². The van der Waals surface area contributed by atoms with Crippen LogP contribution in [0.25, 0.3) is 6.08 Å². The molecule has 0 unspecified atom stereocenters. The van der Waals surface area contributed by atoms with Gasteiger partial charge >= 0.3 is 0 Å². The second kappa shape index (κ2) is 9.70. The van der Waals surface area contributed by atoms with Crippen LogP contribution in [0.5, 0.6) is 5.75 Å². The molecule has 2 amide bonds. The van der Waals surface area contributed by atoms with Crippen molar-refractivity contribution in [2.75, 3.05) is 0 Å². The van der Waals surface area contributed by atoms with Crippen LogP contribution >= 0.6 is 11.8 Å². The summed E-state index contributed by atoms with van der Waals surface area (Å²) in [6.45, 7) is 2.45. The van der Waals surface area contributed by atoms with E-state index in [2.05, 4.69) is 0 Å². The number of hydrogen-bond donors (Lipinski definition) is 0. The average Bonchev–Trinajstić information content (AvgIpc) is 3.06. The SMILES string of the molecule is Cc1cccc(COc2ccccc2/C=C2/SC(=O)N(Cc3ccc([N+](=O)[O-])cc3)C2=O)c1. The molecule has 0 bridgehead atoms. The molecule has 0 spiro atoms. The largest absolute Gasteiger partial charge is 0.488 e. The van der Waals surface area contributed by atoms with Crippen molar-refractivity contribution in [3.05, 3.63) is 110 Å². The second-order valence-electron chi connectivity index (χ2n) is 7.51. The Kier molecular flexibility index (Phi) is 6.55. The summed E-state index contributed by atoms with van der Waals surface area (Å²) in [4.78, 5) is 37.1. The van der Waals surface area contributed by atoms with Crippen molar-refractivity contribution in [3.63, 3.8) is 0 Å². The van der Waals surface area contributed by atoms with Crippen LogP contribution in [0.2, 0.25) is 0 Å². The lowest BCUT2D eigenvalue weighted by molar-refractivity contribution is -0.384. The van der Waals surface area contributed by atoms with Crippen LogP contribution in [0.1, 0.15) is 22.3 Å². The van der Waals surface area contributed by atoms with Crippen molar-refractivity contribution in [2.45, 2.75) is 20.1 Å². The van der Waals surface area contributed by atoms with Crippen LogP contribution in [0.15, 0.2) is 77.7 Å². The third-order valence-corrected chi connectivity index (χ3v) is 5.95. The number of non-ortho nitro benzene ring substituents is 1. The molecule has 1 saturated heterocycles. The van der Waals surface area contributed by atoms with Crippen LogP contribution in [0.3, 0.4) is 0 Å². The molecule has 4 rings (SSSR count). The van der Waals surface area contributed by atoms with Crippen molar-refractivity contribution in [1.29, 1.82) is 0 Å². The highest BCUT2D eigenvalue weighted by Crippen LogP contribution is 2.35. The lowest BCUT2D eigenvalue weighted by Gasteiger charge is -2.12. The molecule has 1 heterocycles. The van der Waals surface area contributed by atoms with E-state index in [4.69, 9.17) is 4.74 Å². The Labute approximate surface area is 194 Å². The molecule has 0 atom stereocenters. The summed E-state index contributed by atoms with van der Waals surface area (Å²) in [7, 11) is 0. The van der Waals surface area contributed by atoms with E-state index in [1.807, 2.05) is 55.5 Å². The number of amides is 2. The molecule has 0 N–H and O–H groups in total. The monoisotopic (exact) mass is 460 g/mol. The number of hydrogen-bond acceptors (Lipinski definition) is 6. The molecule has 166 valence electrons. The predicted octanol–water partition coefficient (Wildman–Crippen LogP) is 5.72. The van der Waals surface area contributed by atoms with E-state index in [-0.39, 0.29) is 17.5 Å². The average molecular weight is 461 g/mol. The van der Waals surface area contributed by atoms with E-state index in [1.165, 1.54) is 12.1 Å². The fourth-order valence-electron chi connectivity index (χ4n) is 3.38. The van der Waals surface area contributed by atoms with E-state index < -0.39 is 10.8 Å². The zero-order valence-electron chi connectivity index (χ0n) is 17.8. The van der Waals surface area contributed by atoms with Gasteiger partial charge in [-0.2, -0.15) is 0 Å². The van der Waals surface area contributed by atoms with Crippen molar-refractivity contribution in [2.24, 2.45) is 0 Å². The summed E-state index contributed by atoms with van der Waals surface area (Å²) in [5, 5.41) is 10.4. The summed E-state index contributed by atoms with van der Waals surface area (Å²) < 4.78 is 5.98. The number of rotatable bonds is 7. The summed E-state index contributed by atoms with van der Waals surface area (Å²) in [6.07, 6.45) is 1.66. The van der Waals surface area contributed by atoms with Crippen LogP contribution in [-0.2, 0) is 17.9 Å². The Morgan fingerprint density at radius 2 is 1.76 bits per heavy atom. The Bertz CT molecular complexity index is 1250. The van der Waals surface area contributed by atoms with E-state index >= 15 is 0 Å². The predicted molar refractivity (Wildman–Crippen MR) is 127 cm³/mol. The lowest BCUT2D eigenvalue weighted by atomic mass is 10.1. The summed E-state index contributed by atoms with van der Waals surface area (Å²) in [5.41, 5.74) is 3.46. The van der Waals surface area contributed by atoms with Crippen molar-refractivity contribution in [3.8, 4) is 5.75 Å². The number of thioether (sulfide) groups is 1. The van der Waals surface area contributed by atoms with Gasteiger partial charge in [0.1, 0.15) is 12.4 Å². The van der Waals surface area contributed by atoms with Crippen LogP contribution in [-0.4, -0.2) is 21.0 Å². The minimum atomic E-state index is -0.495. The number of nitro groups is 1. The number of nitro benzene ring substituents is 1. The number of carbonyl (C=O) groups is 2. The maximum atomic E-state index is 12.9. The fraction of sp³-hybridized carbons (Fsp3) is 0.120. The summed E-state index contributed by atoms with van der Waals surface area (Å²) >= 11 is 0.864. The molecule has 7 nitrogen and oxygen atoms in total. The minimum absolute atomic E-state index is 0.0462. The number of benzene rings is 3. The Morgan fingerprint density at radius 3 is 2.48 bits per heavy atom. The number of nitrogens with zero attached hydrogens (tertiary/aromatic N) is 2. The number of imide groups is 1. The minimum Gasteiger partial charge on any atom is -0.488 e. The van der Waals surface area contributed by atoms with Gasteiger partial charge in [-0.1, -0.05) is 60.2 Å². The quantitative estimate of drug-likeness (QED) is 0.255. The smallest absolute Gasteiger partial charge is 0.293 e. The Hall–Kier alpha value is -3.91. The first-order valence-electron chi connectivity index (χ1n) is 10.2. The highest BCUT2D eigenvalue weighted by Gasteiger charge is 2.35. The standard InChI is InChI=1S/C25H20N2O5S/c1-17-5-4-6-19(13-17)16-32-22-8-3-2-7-20(22)14-23-24(28)26(25(29)33-23)15-18-9-11-21(12-10-18)27(30)31/h2-14H,15-16H2,1H3/b23-14+. The van der Waals surface area contributed by atoms with Gasteiger partial charge in [0.05, 0.1) is 16.4 Å².